The van der Waals surface area contributed by atoms with E-state index in [0.717, 1.165) is 6.54 Å². The second kappa shape index (κ2) is 4.38. The molecule has 0 aliphatic carbocycles. The number of nitrogens with two attached hydrogens (primary N) is 1. The zero-order chi connectivity index (χ0) is 11.6. The van der Waals surface area contributed by atoms with E-state index >= 15 is 0 Å². The van der Waals surface area contributed by atoms with Crippen molar-refractivity contribution in [1.29, 1.82) is 0 Å². The standard InChI is InChI=1S/C11H19N3O/c1-5-14-7-9(12)6-10(14)11(15)13(4)8(2)3/h6-8H,5,12H2,1-4H3. The summed E-state index contributed by atoms with van der Waals surface area (Å²) in [5, 5.41) is 0. The SMILES string of the molecule is CCn1cc(N)cc1C(=O)N(C)C(C)C. The summed E-state index contributed by atoms with van der Waals surface area (Å²) in [4.78, 5) is 13.7. The number of nitrogens with zero attached hydrogens (tertiary/aromatic N) is 2. The predicted molar refractivity (Wildman–Crippen MR) is 61.7 cm³/mol. The van der Waals surface area contributed by atoms with Crippen LogP contribution in [-0.2, 0) is 6.54 Å². The van der Waals surface area contributed by atoms with Gasteiger partial charge in [-0.05, 0) is 26.8 Å². The Balaban J connectivity index is 3.00. The normalized spacial score (nSPS) is 10.7. The molecule has 0 atom stereocenters. The Morgan fingerprint density at radius 3 is 2.67 bits per heavy atom. The summed E-state index contributed by atoms with van der Waals surface area (Å²) >= 11 is 0. The van der Waals surface area contributed by atoms with E-state index in [0.29, 0.717) is 11.4 Å². The maximum absolute atomic E-state index is 12.0. The van der Waals surface area contributed by atoms with Crippen LogP contribution >= 0.6 is 0 Å². The van der Waals surface area contributed by atoms with Gasteiger partial charge in [-0.25, -0.2) is 0 Å². The molecule has 0 spiro atoms. The topological polar surface area (TPSA) is 51.3 Å². The first-order valence-electron chi connectivity index (χ1n) is 5.20. The molecule has 1 amide bonds. The fraction of sp³-hybridized carbons (Fsp3) is 0.545. The highest BCUT2D eigenvalue weighted by Gasteiger charge is 2.18. The first kappa shape index (κ1) is 11.6. The van der Waals surface area contributed by atoms with Gasteiger partial charge in [0.2, 0.25) is 0 Å². The number of aromatic nitrogens is 1. The van der Waals surface area contributed by atoms with Crippen molar-refractivity contribution in [2.24, 2.45) is 0 Å². The zero-order valence-corrected chi connectivity index (χ0v) is 9.82. The average molecular weight is 209 g/mol. The lowest BCUT2D eigenvalue weighted by Crippen LogP contribution is -2.34. The van der Waals surface area contributed by atoms with Crippen LogP contribution < -0.4 is 5.73 Å². The minimum atomic E-state index is 0.0172. The maximum Gasteiger partial charge on any atom is 0.270 e. The van der Waals surface area contributed by atoms with E-state index in [9.17, 15) is 4.79 Å². The summed E-state index contributed by atoms with van der Waals surface area (Å²) in [6.45, 7) is 6.72. The summed E-state index contributed by atoms with van der Waals surface area (Å²) < 4.78 is 1.87. The monoisotopic (exact) mass is 209 g/mol. The molecule has 0 saturated heterocycles. The van der Waals surface area contributed by atoms with Gasteiger partial charge in [0.25, 0.3) is 5.91 Å². The molecule has 84 valence electrons. The van der Waals surface area contributed by atoms with Crippen LogP contribution in [0.4, 0.5) is 5.69 Å². The zero-order valence-electron chi connectivity index (χ0n) is 9.82. The van der Waals surface area contributed by atoms with Crippen LogP contribution in [0.3, 0.4) is 0 Å². The van der Waals surface area contributed by atoms with Gasteiger partial charge in [0.05, 0.1) is 5.69 Å². The molecular formula is C11H19N3O. The minimum Gasteiger partial charge on any atom is -0.397 e. The van der Waals surface area contributed by atoms with Crippen LogP contribution in [-0.4, -0.2) is 28.5 Å². The minimum absolute atomic E-state index is 0.0172. The molecule has 0 radical (unpaired) electrons. The number of hydrogen-bond donors (Lipinski definition) is 1. The number of aryl methyl sites for hydroxylation is 1. The van der Waals surface area contributed by atoms with Crippen molar-refractivity contribution in [2.45, 2.75) is 33.4 Å². The molecule has 4 nitrogen and oxygen atoms in total. The van der Waals surface area contributed by atoms with Gasteiger partial charge in [-0.1, -0.05) is 0 Å². The molecule has 1 rings (SSSR count). The highest BCUT2D eigenvalue weighted by molar-refractivity contribution is 5.93. The summed E-state index contributed by atoms with van der Waals surface area (Å²) in [6, 6.07) is 1.92. The third kappa shape index (κ3) is 2.32. The van der Waals surface area contributed by atoms with Gasteiger partial charge in [-0.3, -0.25) is 4.79 Å². The quantitative estimate of drug-likeness (QED) is 0.821. The lowest BCUT2D eigenvalue weighted by atomic mass is 10.3. The largest absolute Gasteiger partial charge is 0.397 e. The van der Waals surface area contributed by atoms with Crippen molar-refractivity contribution < 1.29 is 4.79 Å². The Hall–Kier alpha value is -1.45. The first-order valence-corrected chi connectivity index (χ1v) is 5.20. The Morgan fingerprint density at radius 2 is 2.20 bits per heavy atom. The summed E-state index contributed by atoms with van der Waals surface area (Å²) in [6.07, 6.45) is 1.79. The Bertz CT molecular complexity index is 355. The molecule has 0 fully saturated rings. The molecule has 1 aromatic rings. The average Bonchev–Trinajstić information content (AvgIpc) is 2.57. The van der Waals surface area contributed by atoms with Crippen molar-refractivity contribution in [3.63, 3.8) is 0 Å². The van der Waals surface area contributed by atoms with Crippen LogP contribution in [0.25, 0.3) is 0 Å². The maximum atomic E-state index is 12.0. The van der Waals surface area contributed by atoms with Crippen molar-refractivity contribution in [1.82, 2.24) is 9.47 Å². The molecular weight excluding hydrogens is 190 g/mol. The molecule has 0 aliphatic heterocycles. The van der Waals surface area contributed by atoms with E-state index < -0.39 is 0 Å². The number of nitrogen functional groups attached to an aromatic ring is 1. The van der Waals surface area contributed by atoms with Gasteiger partial charge in [0.15, 0.2) is 0 Å². The molecule has 4 heteroatoms. The molecule has 1 aromatic heterocycles. The molecule has 0 bridgehead atoms. The molecule has 0 unspecified atom stereocenters. The third-order valence-electron chi connectivity index (χ3n) is 2.57. The highest BCUT2D eigenvalue weighted by atomic mass is 16.2. The number of anilines is 1. The number of hydrogen-bond acceptors (Lipinski definition) is 2. The van der Waals surface area contributed by atoms with Crippen molar-refractivity contribution in [3.8, 4) is 0 Å². The Labute approximate surface area is 90.7 Å². The smallest absolute Gasteiger partial charge is 0.270 e. The van der Waals surface area contributed by atoms with Gasteiger partial charge < -0.3 is 15.2 Å². The van der Waals surface area contributed by atoms with Crippen molar-refractivity contribution >= 4 is 11.6 Å². The summed E-state index contributed by atoms with van der Waals surface area (Å²) in [5.41, 5.74) is 6.97. The fourth-order valence-electron chi connectivity index (χ4n) is 1.39. The van der Waals surface area contributed by atoms with Crippen LogP contribution in [0.15, 0.2) is 12.3 Å². The molecule has 2 N–H and O–H groups in total. The Kier molecular flexibility index (Phi) is 3.39. The van der Waals surface area contributed by atoms with Crippen molar-refractivity contribution in [2.75, 3.05) is 12.8 Å². The van der Waals surface area contributed by atoms with E-state index in [1.807, 2.05) is 25.3 Å². The van der Waals surface area contributed by atoms with E-state index in [2.05, 4.69) is 0 Å². The van der Waals surface area contributed by atoms with Gasteiger partial charge in [-0.2, -0.15) is 0 Å². The molecule has 0 aromatic carbocycles. The van der Waals surface area contributed by atoms with E-state index in [-0.39, 0.29) is 11.9 Å². The van der Waals surface area contributed by atoms with Gasteiger partial charge in [0.1, 0.15) is 5.69 Å². The predicted octanol–water partition coefficient (Wildman–Crippen LogP) is 1.57. The van der Waals surface area contributed by atoms with Crippen molar-refractivity contribution in [3.05, 3.63) is 18.0 Å². The van der Waals surface area contributed by atoms with Crippen LogP contribution in [0.1, 0.15) is 31.3 Å². The second-order valence-corrected chi connectivity index (χ2v) is 3.95. The summed E-state index contributed by atoms with van der Waals surface area (Å²) in [7, 11) is 1.80. The first-order chi connectivity index (χ1) is 6.97. The fourth-order valence-corrected chi connectivity index (χ4v) is 1.39. The van der Waals surface area contributed by atoms with E-state index in [1.165, 1.54) is 0 Å². The lowest BCUT2D eigenvalue weighted by molar-refractivity contribution is 0.0744. The molecule has 1 heterocycles. The van der Waals surface area contributed by atoms with Gasteiger partial charge >= 0.3 is 0 Å². The number of carbonyl (C=O) groups excluding carboxylic acids is 1. The molecule has 15 heavy (non-hydrogen) atoms. The van der Waals surface area contributed by atoms with Crippen LogP contribution in [0.2, 0.25) is 0 Å². The number of carbonyl (C=O) groups is 1. The highest BCUT2D eigenvalue weighted by Crippen LogP contribution is 2.13. The third-order valence-corrected chi connectivity index (χ3v) is 2.57. The van der Waals surface area contributed by atoms with Crippen LogP contribution in [0.5, 0.6) is 0 Å². The van der Waals surface area contributed by atoms with E-state index in [1.54, 1.807) is 24.2 Å². The number of rotatable bonds is 3. The second-order valence-electron chi connectivity index (χ2n) is 3.95. The number of amides is 1. The Morgan fingerprint density at radius 1 is 1.60 bits per heavy atom. The summed E-state index contributed by atoms with van der Waals surface area (Å²) in [5.74, 6) is 0.0172. The van der Waals surface area contributed by atoms with Gasteiger partial charge in [0, 0.05) is 25.8 Å². The van der Waals surface area contributed by atoms with Gasteiger partial charge in [-0.15, -0.1) is 0 Å². The lowest BCUT2D eigenvalue weighted by Gasteiger charge is -2.21. The molecule has 0 aliphatic rings. The van der Waals surface area contributed by atoms with E-state index in [4.69, 9.17) is 5.73 Å². The molecule has 0 saturated carbocycles. The van der Waals surface area contributed by atoms with Crippen LogP contribution in [0, 0.1) is 0 Å².